The molecule has 0 aromatic heterocycles. The molecule has 130 valence electrons. The number of likely N-dealkylation sites (N-methyl/N-ethyl adjacent to an activating group) is 1. The Bertz CT molecular complexity index is 457. The van der Waals surface area contributed by atoms with Crippen molar-refractivity contribution < 1.29 is 14.6 Å². The van der Waals surface area contributed by atoms with E-state index < -0.39 is 11.7 Å². The van der Waals surface area contributed by atoms with Gasteiger partial charge >= 0.3 is 6.09 Å². The molecular formula is C18H30N2O3. The summed E-state index contributed by atoms with van der Waals surface area (Å²) in [6.45, 7) is 6.97. The number of nitrogens with one attached hydrogen (secondary N) is 1. The van der Waals surface area contributed by atoms with E-state index in [0.717, 1.165) is 19.4 Å². The summed E-state index contributed by atoms with van der Waals surface area (Å²) in [6, 6.07) is 10.3. The Morgan fingerprint density at radius 1 is 1.30 bits per heavy atom. The number of amides is 1. The summed E-state index contributed by atoms with van der Waals surface area (Å²) in [6.07, 6.45) is 1.22. The number of alkyl carbamates (subject to hydrolysis) is 1. The van der Waals surface area contributed by atoms with Crippen molar-refractivity contribution in [2.24, 2.45) is 0 Å². The van der Waals surface area contributed by atoms with E-state index in [1.807, 2.05) is 46.0 Å². The van der Waals surface area contributed by atoms with E-state index in [1.54, 1.807) is 0 Å². The smallest absolute Gasteiger partial charge is 0.407 e. The third-order valence-corrected chi connectivity index (χ3v) is 3.49. The molecule has 1 aromatic rings. The number of aliphatic hydroxyl groups is 1. The van der Waals surface area contributed by atoms with Gasteiger partial charge in [0.05, 0.1) is 6.61 Å². The Morgan fingerprint density at radius 2 is 1.96 bits per heavy atom. The molecule has 0 fully saturated rings. The number of hydrogen-bond acceptors (Lipinski definition) is 4. The molecule has 0 spiro atoms. The van der Waals surface area contributed by atoms with Gasteiger partial charge in [0.1, 0.15) is 5.60 Å². The van der Waals surface area contributed by atoms with Crippen LogP contribution >= 0.6 is 0 Å². The van der Waals surface area contributed by atoms with Crippen molar-refractivity contribution in [3.05, 3.63) is 35.9 Å². The second kappa shape index (κ2) is 9.53. The van der Waals surface area contributed by atoms with Gasteiger partial charge in [-0.1, -0.05) is 30.3 Å². The Labute approximate surface area is 139 Å². The van der Waals surface area contributed by atoms with Gasteiger partial charge in [0, 0.05) is 19.1 Å². The maximum Gasteiger partial charge on any atom is 0.407 e. The molecule has 0 saturated heterocycles. The first-order valence-corrected chi connectivity index (χ1v) is 8.13. The van der Waals surface area contributed by atoms with E-state index in [9.17, 15) is 9.90 Å². The van der Waals surface area contributed by atoms with Gasteiger partial charge in [0.25, 0.3) is 0 Å². The monoisotopic (exact) mass is 322 g/mol. The molecule has 23 heavy (non-hydrogen) atoms. The van der Waals surface area contributed by atoms with Gasteiger partial charge < -0.3 is 15.2 Å². The lowest BCUT2D eigenvalue weighted by atomic mass is 10.1. The van der Waals surface area contributed by atoms with Crippen molar-refractivity contribution >= 4 is 6.09 Å². The second-order valence-electron chi connectivity index (χ2n) is 6.81. The van der Waals surface area contributed by atoms with E-state index in [2.05, 4.69) is 22.3 Å². The maximum absolute atomic E-state index is 11.6. The largest absolute Gasteiger partial charge is 0.444 e. The van der Waals surface area contributed by atoms with Crippen LogP contribution in [0.25, 0.3) is 0 Å². The number of benzene rings is 1. The van der Waals surface area contributed by atoms with E-state index in [1.165, 1.54) is 5.56 Å². The predicted molar refractivity (Wildman–Crippen MR) is 92.3 cm³/mol. The number of carbonyl (C=O) groups excluding carboxylic acids is 1. The lowest BCUT2D eigenvalue weighted by Gasteiger charge is -2.26. The molecule has 0 bridgehead atoms. The fraction of sp³-hybridized carbons (Fsp3) is 0.611. The first-order chi connectivity index (χ1) is 10.8. The average Bonchev–Trinajstić information content (AvgIpc) is 2.46. The Kier molecular flexibility index (Phi) is 8.06. The van der Waals surface area contributed by atoms with E-state index >= 15 is 0 Å². The quantitative estimate of drug-likeness (QED) is 0.723. The van der Waals surface area contributed by atoms with Gasteiger partial charge in [-0.25, -0.2) is 4.79 Å². The van der Waals surface area contributed by atoms with Gasteiger partial charge in [-0.15, -0.1) is 0 Å². The first kappa shape index (κ1) is 19.5. The molecule has 0 radical (unpaired) electrons. The molecule has 1 aromatic carbocycles. The highest BCUT2D eigenvalue weighted by Gasteiger charge is 2.16. The minimum absolute atomic E-state index is 0.0793. The van der Waals surface area contributed by atoms with Crippen LogP contribution in [0.5, 0.6) is 0 Å². The Hall–Kier alpha value is -1.59. The molecule has 5 heteroatoms. The molecule has 0 unspecified atom stereocenters. The lowest BCUT2D eigenvalue weighted by molar-refractivity contribution is 0.0524. The normalized spacial score (nSPS) is 13.0. The molecule has 0 saturated carbocycles. The third kappa shape index (κ3) is 8.57. The van der Waals surface area contributed by atoms with Crippen LogP contribution in [0.4, 0.5) is 4.79 Å². The zero-order valence-corrected chi connectivity index (χ0v) is 14.7. The zero-order valence-electron chi connectivity index (χ0n) is 14.7. The zero-order chi connectivity index (χ0) is 17.3. The van der Waals surface area contributed by atoms with Crippen molar-refractivity contribution in [1.82, 2.24) is 10.2 Å². The molecular weight excluding hydrogens is 292 g/mol. The predicted octanol–water partition coefficient (Wildman–Crippen LogP) is 2.78. The summed E-state index contributed by atoms with van der Waals surface area (Å²) < 4.78 is 5.19. The summed E-state index contributed by atoms with van der Waals surface area (Å²) in [5, 5.41) is 12.3. The van der Waals surface area contributed by atoms with Crippen LogP contribution in [0.2, 0.25) is 0 Å². The fourth-order valence-corrected chi connectivity index (χ4v) is 2.29. The summed E-state index contributed by atoms with van der Waals surface area (Å²) in [5.74, 6) is 0. The molecule has 0 heterocycles. The van der Waals surface area contributed by atoms with Crippen LogP contribution < -0.4 is 5.32 Å². The summed E-state index contributed by atoms with van der Waals surface area (Å²) >= 11 is 0. The maximum atomic E-state index is 11.6. The van der Waals surface area contributed by atoms with Crippen LogP contribution in [0.15, 0.2) is 30.3 Å². The van der Waals surface area contributed by atoms with Gasteiger partial charge in [0.15, 0.2) is 0 Å². The van der Waals surface area contributed by atoms with E-state index in [4.69, 9.17) is 4.74 Å². The third-order valence-electron chi connectivity index (χ3n) is 3.49. The van der Waals surface area contributed by atoms with Crippen molar-refractivity contribution in [1.29, 1.82) is 0 Å². The molecule has 0 aliphatic heterocycles. The standard InChI is InChI=1S/C18H30N2O3/c1-18(2,3)23-17(22)19-12-8-11-16(14-21)20(4)13-15-9-6-5-7-10-15/h5-7,9-10,16,21H,8,11-14H2,1-4H3,(H,19,22)/t16-/m0/s1. The molecule has 0 aliphatic carbocycles. The lowest BCUT2D eigenvalue weighted by Crippen LogP contribution is -2.36. The number of aliphatic hydroxyl groups excluding tert-OH is 1. The van der Waals surface area contributed by atoms with Gasteiger partial charge in [0.2, 0.25) is 0 Å². The number of hydrogen-bond donors (Lipinski definition) is 2. The topological polar surface area (TPSA) is 61.8 Å². The average molecular weight is 322 g/mol. The van der Waals surface area contributed by atoms with Crippen LogP contribution in [0.1, 0.15) is 39.2 Å². The number of ether oxygens (including phenoxy) is 1. The molecule has 1 rings (SSSR count). The van der Waals surface area contributed by atoms with E-state index in [0.29, 0.717) is 6.54 Å². The number of carbonyl (C=O) groups is 1. The molecule has 5 nitrogen and oxygen atoms in total. The van der Waals surface area contributed by atoms with Crippen molar-refractivity contribution in [2.45, 2.75) is 51.8 Å². The van der Waals surface area contributed by atoms with Crippen molar-refractivity contribution in [3.63, 3.8) is 0 Å². The summed E-state index contributed by atoms with van der Waals surface area (Å²) in [4.78, 5) is 13.7. The van der Waals surface area contributed by atoms with Crippen LogP contribution in [0, 0.1) is 0 Å². The van der Waals surface area contributed by atoms with Crippen LogP contribution in [0.3, 0.4) is 0 Å². The van der Waals surface area contributed by atoms with Crippen LogP contribution in [-0.4, -0.2) is 47.9 Å². The molecule has 2 N–H and O–H groups in total. The molecule has 0 aliphatic rings. The molecule has 1 amide bonds. The summed E-state index contributed by atoms with van der Waals surface area (Å²) in [5.41, 5.74) is 0.744. The van der Waals surface area contributed by atoms with Crippen molar-refractivity contribution in [3.8, 4) is 0 Å². The Balaban J connectivity index is 2.29. The minimum atomic E-state index is -0.479. The van der Waals surface area contributed by atoms with Gasteiger partial charge in [-0.2, -0.15) is 0 Å². The highest BCUT2D eigenvalue weighted by molar-refractivity contribution is 5.67. The highest BCUT2D eigenvalue weighted by Crippen LogP contribution is 2.10. The first-order valence-electron chi connectivity index (χ1n) is 8.13. The van der Waals surface area contributed by atoms with Crippen LogP contribution in [-0.2, 0) is 11.3 Å². The SMILES string of the molecule is CN(Cc1ccccc1)[C@H](CO)CCCNC(=O)OC(C)(C)C. The molecule has 1 atom stereocenters. The Morgan fingerprint density at radius 3 is 2.52 bits per heavy atom. The van der Waals surface area contributed by atoms with Gasteiger partial charge in [-0.05, 0) is 46.2 Å². The fourth-order valence-electron chi connectivity index (χ4n) is 2.29. The van der Waals surface area contributed by atoms with Gasteiger partial charge in [-0.3, -0.25) is 4.90 Å². The summed E-state index contributed by atoms with van der Waals surface area (Å²) in [7, 11) is 2.01. The second-order valence-corrected chi connectivity index (χ2v) is 6.81. The number of nitrogens with zero attached hydrogens (tertiary/aromatic N) is 1. The minimum Gasteiger partial charge on any atom is -0.444 e. The number of rotatable bonds is 8. The van der Waals surface area contributed by atoms with E-state index in [-0.39, 0.29) is 12.6 Å². The highest BCUT2D eigenvalue weighted by atomic mass is 16.6. The van der Waals surface area contributed by atoms with Crippen molar-refractivity contribution in [2.75, 3.05) is 20.2 Å².